The highest BCUT2D eigenvalue weighted by atomic mass is 16.2. The number of hydrogen-bond donors (Lipinski definition) is 3. The van der Waals surface area contributed by atoms with E-state index in [0.29, 0.717) is 6.04 Å². The molecule has 1 aromatic rings. The first-order valence-electron chi connectivity index (χ1n) is 9.21. The minimum Gasteiger partial charge on any atom is -0.353 e. The van der Waals surface area contributed by atoms with Gasteiger partial charge in [-0.1, -0.05) is 37.3 Å². The van der Waals surface area contributed by atoms with Crippen molar-refractivity contribution >= 4 is 5.91 Å². The Kier molecular flexibility index (Phi) is 5.87. The summed E-state index contributed by atoms with van der Waals surface area (Å²) >= 11 is 0. The van der Waals surface area contributed by atoms with Crippen molar-refractivity contribution in [2.24, 2.45) is 5.92 Å². The van der Waals surface area contributed by atoms with Gasteiger partial charge >= 0.3 is 0 Å². The summed E-state index contributed by atoms with van der Waals surface area (Å²) in [6.45, 7) is 7.56. The van der Waals surface area contributed by atoms with Gasteiger partial charge in [-0.2, -0.15) is 0 Å². The van der Waals surface area contributed by atoms with E-state index in [1.807, 2.05) is 18.2 Å². The van der Waals surface area contributed by atoms with Crippen LogP contribution >= 0.6 is 0 Å². The average Bonchev–Trinajstić information content (AvgIpc) is 3.11. The normalized spacial score (nSPS) is 27.1. The molecule has 2 aliphatic rings. The molecule has 5 nitrogen and oxygen atoms in total. The Morgan fingerprint density at radius 1 is 1.25 bits per heavy atom. The number of carbonyl (C=O) groups is 1. The van der Waals surface area contributed by atoms with Crippen LogP contribution in [-0.2, 0) is 4.79 Å². The zero-order valence-electron chi connectivity index (χ0n) is 14.8. The summed E-state index contributed by atoms with van der Waals surface area (Å²) in [6, 6.07) is 10.7. The third kappa shape index (κ3) is 4.35. The fraction of sp³-hybridized carbons (Fsp3) is 0.632. The molecule has 2 aliphatic heterocycles. The van der Waals surface area contributed by atoms with Crippen molar-refractivity contribution in [2.75, 3.05) is 19.6 Å². The van der Waals surface area contributed by atoms with E-state index in [1.165, 1.54) is 18.4 Å². The third-order valence-corrected chi connectivity index (χ3v) is 5.43. The molecule has 2 heterocycles. The number of nitrogens with zero attached hydrogens (tertiary/aromatic N) is 1. The highest BCUT2D eigenvalue weighted by Crippen LogP contribution is 2.22. The number of benzene rings is 1. The van der Waals surface area contributed by atoms with E-state index in [9.17, 15) is 4.79 Å². The minimum absolute atomic E-state index is 0.0955. The Morgan fingerprint density at radius 2 is 1.96 bits per heavy atom. The molecule has 0 spiro atoms. The monoisotopic (exact) mass is 330 g/mol. The molecule has 132 valence electrons. The van der Waals surface area contributed by atoms with Crippen molar-refractivity contribution in [3.8, 4) is 0 Å². The standard InChI is InChI=1S/C19H30N4O/c1-14-8-10-23(11-9-14)15(2)13-20-19(24)18-12-17(21-22-18)16-6-4-3-5-7-16/h3-7,14-15,17-18,21-22H,8-13H2,1-2H3,(H,20,24). The van der Waals surface area contributed by atoms with Crippen molar-refractivity contribution in [3.63, 3.8) is 0 Å². The summed E-state index contributed by atoms with van der Waals surface area (Å²) in [7, 11) is 0. The lowest BCUT2D eigenvalue weighted by molar-refractivity contribution is -0.123. The summed E-state index contributed by atoms with van der Waals surface area (Å²) in [6.07, 6.45) is 3.32. The van der Waals surface area contributed by atoms with Crippen molar-refractivity contribution in [1.82, 2.24) is 21.1 Å². The van der Waals surface area contributed by atoms with Crippen molar-refractivity contribution in [1.29, 1.82) is 0 Å². The van der Waals surface area contributed by atoms with Gasteiger partial charge in [0.15, 0.2) is 0 Å². The maximum absolute atomic E-state index is 12.4. The third-order valence-electron chi connectivity index (χ3n) is 5.43. The SMILES string of the molecule is CC1CCN(C(C)CNC(=O)C2CC(c3ccccc3)NN2)CC1. The topological polar surface area (TPSA) is 56.4 Å². The molecule has 0 aliphatic carbocycles. The van der Waals surface area contributed by atoms with Crippen molar-refractivity contribution in [2.45, 2.75) is 51.2 Å². The molecule has 24 heavy (non-hydrogen) atoms. The molecule has 0 bridgehead atoms. The first kappa shape index (κ1) is 17.4. The predicted molar refractivity (Wildman–Crippen MR) is 96.3 cm³/mol. The number of piperidine rings is 1. The number of amides is 1. The van der Waals surface area contributed by atoms with E-state index in [-0.39, 0.29) is 18.0 Å². The Balaban J connectivity index is 1.42. The summed E-state index contributed by atoms with van der Waals surface area (Å²) in [4.78, 5) is 14.9. The lowest BCUT2D eigenvalue weighted by Gasteiger charge is -2.35. The van der Waals surface area contributed by atoms with E-state index in [0.717, 1.165) is 32.0 Å². The number of carbonyl (C=O) groups excluding carboxylic acids is 1. The van der Waals surface area contributed by atoms with E-state index in [1.54, 1.807) is 0 Å². The van der Waals surface area contributed by atoms with Crippen LogP contribution < -0.4 is 16.2 Å². The molecular weight excluding hydrogens is 300 g/mol. The fourth-order valence-corrected chi connectivity index (χ4v) is 3.60. The van der Waals surface area contributed by atoms with Gasteiger partial charge in [-0.3, -0.25) is 9.69 Å². The quantitative estimate of drug-likeness (QED) is 0.771. The number of rotatable bonds is 5. The number of likely N-dealkylation sites (tertiary alicyclic amines) is 1. The molecule has 3 unspecified atom stereocenters. The van der Waals surface area contributed by atoms with Gasteiger partial charge in [-0.25, -0.2) is 10.9 Å². The molecular formula is C19H30N4O. The first-order valence-corrected chi connectivity index (χ1v) is 9.21. The lowest BCUT2D eigenvalue weighted by Crippen LogP contribution is -2.49. The molecule has 0 radical (unpaired) electrons. The summed E-state index contributed by atoms with van der Waals surface area (Å²) < 4.78 is 0. The molecule has 2 saturated heterocycles. The number of nitrogens with one attached hydrogen (secondary N) is 3. The van der Waals surface area contributed by atoms with Gasteiger partial charge in [0.2, 0.25) is 5.91 Å². The largest absolute Gasteiger partial charge is 0.353 e. The van der Waals surface area contributed by atoms with Crippen molar-refractivity contribution in [3.05, 3.63) is 35.9 Å². The smallest absolute Gasteiger partial charge is 0.238 e. The fourth-order valence-electron chi connectivity index (χ4n) is 3.60. The van der Waals surface area contributed by atoms with Crippen LogP contribution in [0.1, 0.15) is 44.7 Å². The molecule has 1 aromatic carbocycles. The minimum atomic E-state index is -0.163. The maximum atomic E-state index is 12.4. The predicted octanol–water partition coefficient (Wildman–Crippen LogP) is 1.83. The Labute approximate surface area is 145 Å². The Bertz CT molecular complexity index is 527. The second-order valence-electron chi connectivity index (χ2n) is 7.35. The molecule has 5 heteroatoms. The molecule has 3 rings (SSSR count). The maximum Gasteiger partial charge on any atom is 0.238 e. The Morgan fingerprint density at radius 3 is 2.67 bits per heavy atom. The van der Waals surface area contributed by atoms with Crippen LogP contribution in [0, 0.1) is 5.92 Å². The molecule has 3 atom stereocenters. The average molecular weight is 330 g/mol. The summed E-state index contributed by atoms with van der Waals surface area (Å²) in [5.41, 5.74) is 7.60. The molecule has 2 fully saturated rings. The van der Waals surface area contributed by atoms with E-state index < -0.39 is 0 Å². The second-order valence-corrected chi connectivity index (χ2v) is 7.35. The summed E-state index contributed by atoms with van der Waals surface area (Å²) in [5.74, 6) is 0.935. The molecule has 3 N–H and O–H groups in total. The zero-order valence-corrected chi connectivity index (χ0v) is 14.8. The van der Waals surface area contributed by atoms with Crippen LogP contribution in [0.2, 0.25) is 0 Å². The zero-order chi connectivity index (χ0) is 16.9. The van der Waals surface area contributed by atoms with Gasteiger partial charge in [0.25, 0.3) is 0 Å². The van der Waals surface area contributed by atoms with Gasteiger partial charge < -0.3 is 5.32 Å². The molecule has 0 aromatic heterocycles. The van der Waals surface area contributed by atoms with Crippen LogP contribution in [0.4, 0.5) is 0 Å². The van der Waals surface area contributed by atoms with Gasteiger partial charge in [-0.15, -0.1) is 0 Å². The van der Waals surface area contributed by atoms with Crippen LogP contribution in [0.3, 0.4) is 0 Å². The van der Waals surface area contributed by atoms with Gasteiger partial charge in [0.1, 0.15) is 6.04 Å². The molecule has 0 saturated carbocycles. The number of hydrogen-bond acceptors (Lipinski definition) is 4. The second kappa shape index (κ2) is 8.10. The first-order chi connectivity index (χ1) is 11.6. The number of hydrazine groups is 1. The van der Waals surface area contributed by atoms with Crippen LogP contribution in [-0.4, -0.2) is 42.5 Å². The van der Waals surface area contributed by atoms with Crippen molar-refractivity contribution < 1.29 is 4.79 Å². The lowest BCUT2D eigenvalue weighted by atomic mass is 9.98. The van der Waals surface area contributed by atoms with E-state index >= 15 is 0 Å². The van der Waals surface area contributed by atoms with Gasteiger partial charge in [0.05, 0.1) is 0 Å². The van der Waals surface area contributed by atoms with E-state index in [4.69, 9.17) is 0 Å². The summed E-state index contributed by atoms with van der Waals surface area (Å²) in [5, 5.41) is 3.12. The molecule has 1 amide bonds. The van der Waals surface area contributed by atoms with Crippen LogP contribution in [0.15, 0.2) is 30.3 Å². The highest BCUT2D eigenvalue weighted by molar-refractivity contribution is 5.82. The van der Waals surface area contributed by atoms with Gasteiger partial charge in [-0.05, 0) is 50.8 Å². The van der Waals surface area contributed by atoms with E-state index in [2.05, 4.69) is 47.0 Å². The highest BCUT2D eigenvalue weighted by Gasteiger charge is 2.30. The van der Waals surface area contributed by atoms with Gasteiger partial charge in [0, 0.05) is 18.6 Å². The Hall–Kier alpha value is -1.43. The van der Waals surface area contributed by atoms with Crippen LogP contribution in [0.25, 0.3) is 0 Å². The van der Waals surface area contributed by atoms with Crippen LogP contribution in [0.5, 0.6) is 0 Å².